The largest absolute Gasteiger partial charge is 0.481 e. The summed E-state index contributed by atoms with van der Waals surface area (Å²) in [5, 5.41) is 79.7. The molecule has 1 rings (SSSR count). The lowest BCUT2D eigenvalue weighted by atomic mass is 10.0. The Hall–Kier alpha value is -12.0. The first kappa shape index (κ1) is 98.0. The number of nitrogens with two attached hydrogens (primary N) is 3. The van der Waals surface area contributed by atoms with Crippen LogP contribution in [0.3, 0.4) is 0 Å². The maximum atomic E-state index is 14.3. The molecule has 48 nitrogen and oxygen atoms in total. The van der Waals surface area contributed by atoms with Crippen molar-refractivity contribution < 1.29 is 140 Å². The third kappa shape index (κ3) is 42.1. The van der Waals surface area contributed by atoms with E-state index in [2.05, 4.69) is 62.7 Å². The molecule has 1 aromatic carbocycles. The number of benzene rings is 1. The predicted molar refractivity (Wildman–Crippen MR) is 382 cm³/mol. The Labute approximate surface area is 638 Å². The average molecular weight is 1620 g/mol. The quantitative estimate of drug-likeness (QED) is 0.0125. The van der Waals surface area contributed by atoms with Crippen LogP contribution in [-0.2, 0) is 111 Å². The van der Waals surface area contributed by atoms with Gasteiger partial charge in [0.05, 0.1) is 58.2 Å². The topological polar surface area (TPSA) is 780 Å². The van der Waals surface area contributed by atoms with E-state index in [0.717, 1.165) is 13.8 Å². The summed E-state index contributed by atoms with van der Waals surface area (Å²) in [4.78, 5) is 279. The molecule has 0 aromatic heterocycles. The Balaban J connectivity index is 3.24. The predicted octanol–water partition coefficient (Wildman–Crippen LogP) is -10.3. The number of nitrogens with zero attached hydrogens (tertiary/aromatic N) is 1. The Morgan fingerprint density at radius 3 is 1.30 bits per heavy atom. The fraction of sp³-hybridized carbons (Fsp3) is 0.571. The van der Waals surface area contributed by atoms with Gasteiger partial charge in [0, 0.05) is 25.8 Å². The van der Waals surface area contributed by atoms with Crippen molar-refractivity contribution in [3.8, 4) is 0 Å². The van der Waals surface area contributed by atoms with Gasteiger partial charge in [0.2, 0.25) is 88.6 Å². The summed E-state index contributed by atoms with van der Waals surface area (Å²) >= 11 is 0. The molecule has 0 saturated heterocycles. The van der Waals surface area contributed by atoms with Gasteiger partial charge in [0.1, 0.15) is 60.4 Å². The molecular formula is C63H98N19O29P. The number of rotatable bonds is 53. The summed E-state index contributed by atoms with van der Waals surface area (Å²) in [6.45, 7) is 2.91. The van der Waals surface area contributed by atoms with Gasteiger partial charge >= 0.3 is 37.7 Å². The first-order valence-electron chi connectivity index (χ1n) is 34.2. The molecule has 0 heterocycles. The van der Waals surface area contributed by atoms with Gasteiger partial charge in [0.25, 0.3) is 0 Å². The van der Waals surface area contributed by atoms with Gasteiger partial charge in [0.15, 0.2) is 5.96 Å². The van der Waals surface area contributed by atoms with Crippen molar-refractivity contribution in [2.45, 2.75) is 172 Å². The number of amides is 15. The minimum absolute atomic E-state index is 0.142. The monoisotopic (exact) mass is 1620 g/mol. The number of nitrogens with one attached hydrogen (secondary N) is 15. The highest BCUT2D eigenvalue weighted by atomic mass is 31.2. The molecule has 0 unspecified atom stereocenters. The lowest BCUT2D eigenvalue weighted by Crippen LogP contribution is -2.59. The summed E-state index contributed by atoms with van der Waals surface area (Å²) in [6, 6.07) is -10.7. The maximum absolute atomic E-state index is 14.3. The lowest BCUT2D eigenvalue weighted by molar-refractivity contribution is -0.143. The number of phosphoric acid groups is 1. The number of phosphoric ester groups is 1. The van der Waals surface area contributed by atoms with Crippen molar-refractivity contribution in [1.82, 2.24) is 79.8 Å². The van der Waals surface area contributed by atoms with E-state index in [1.54, 1.807) is 45.9 Å². The number of aliphatic carboxylic acids is 5. The molecule has 1 aromatic rings. The van der Waals surface area contributed by atoms with E-state index in [1.165, 1.54) is 12.1 Å². The van der Waals surface area contributed by atoms with E-state index in [1.807, 2.05) is 26.6 Å². The highest BCUT2D eigenvalue weighted by molar-refractivity contribution is 7.46. The first-order chi connectivity index (χ1) is 52.2. The summed E-state index contributed by atoms with van der Waals surface area (Å²) in [5.74, 6) is -26.0. The van der Waals surface area contributed by atoms with E-state index in [0.29, 0.717) is 12.0 Å². The number of carboxylic acid groups (broad SMARTS) is 5. The van der Waals surface area contributed by atoms with Crippen LogP contribution in [0.4, 0.5) is 0 Å². The van der Waals surface area contributed by atoms with Crippen molar-refractivity contribution in [1.29, 1.82) is 0 Å². The molecule has 0 spiro atoms. The molecule has 11 atom stereocenters. The Morgan fingerprint density at radius 1 is 0.429 bits per heavy atom. The van der Waals surface area contributed by atoms with Gasteiger partial charge < -0.3 is 132 Å². The highest BCUT2D eigenvalue weighted by Crippen LogP contribution is 2.35. The third-order valence-electron chi connectivity index (χ3n) is 15.1. The molecule has 49 heteroatoms. The van der Waals surface area contributed by atoms with E-state index in [-0.39, 0.29) is 31.8 Å². The number of carboxylic acids is 5. The van der Waals surface area contributed by atoms with Crippen molar-refractivity contribution >= 4 is 132 Å². The molecule has 15 amide bonds. The lowest BCUT2D eigenvalue weighted by Gasteiger charge is -2.27. The van der Waals surface area contributed by atoms with E-state index in [9.17, 15) is 131 Å². The van der Waals surface area contributed by atoms with Gasteiger partial charge in [-0.1, -0.05) is 58.0 Å². The second-order valence-electron chi connectivity index (χ2n) is 25.6. The third-order valence-corrected chi connectivity index (χ3v) is 15.6. The Kier molecular flexibility index (Phi) is 43.6. The number of guanidine groups is 1. The SMILES string of the molecule is CC(C)C[C@H](NC(=O)[C@H](C)NC(=O)[C@H](CCC(=O)O)NC(=O)CNC(=O)CNC(=O)CNC(=O)[C@@H](NC(=O)[C@@H](N)CCCN=C(N)N)C(C)C)C(=O)N[C@@H](Cc1ccccc1)C(=O)N[C@@H](CC(=O)O)C(=O)NCC(=O)N[C@@H](CCC(=O)O)C(=O)NCC(=O)N[C@@H](COP(=O)(O)O)C(=O)N[C@@H](CC(=O)O)C(=O)N[C@@H](C)C(=O)O. The van der Waals surface area contributed by atoms with Crippen LogP contribution in [-0.4, -0.2) is 272 Å². The van der Waals surface area contributed by atoms with Crippen LogP contribution in [0, 0.1) is 11.8 Å². The van der Waals surface area contributed by atoms with E-state index >= 15 is 0 Å². The van der Waals surface area contributed by atoms with Gasteiger partial charge in [-0.2, -0.15) is 0 Å². The molecule has 0 aliphatic heterocycles. The molecular weight excluding hydrogens is 1520 g/mol. The number of carbonyl (C=O) groups is 20. The molecule has 0 radical (unpaired) electrons. The minimum atomic E-state index is -5.44. The Bertz CT molecular complexity index is 3620. The molecule has 624 valence electrons. The maximum Gasteiger partial charge on any atom is 0.469 e. The van der Waals surface area contributed by atoms with Crippen LogP contribution in [0.1, 0.15) is 105 Å². The fourth-order valence-electron chi connectivity index (χ4n) is 9.35. The van der Waals surface area contributed by atoms with Gasteiger partial charge in [-0.25, -0.2) is 4.57 Å². The summed E-state index contributed by atoms with van der Waals surface area (Å²) in [7, 11) is -5.44. The van der Waals surface area contributed by atoms with Crippen LogP contribution in [0.5, 0.6) is 0 Å². The number of aliphatic imine (C=N–C) groups is 1. The van der Waals surface area contributed by atoms with Crippen molar-refractivity contribution in [2.75, 3.05) is 45.9 Å². The van der Waals surface area contributed by atoms with Crippen LogP contribution >= 0.6 is 7.82 Å². The molecule has 0 aliphatic rings. The van der Waals surface area contributed by atoms with Gasteiger partial charge in [-0.05, 0) is 63.4 Å². The minimum Gasteiger partial charge on any atom is -0.481 e. The van der Waals surface area contributed by atoms with Gasteiger partial charge in [-0.3, -0.25) is 105 Å². The van der Waals surface area contributed by atoms with Crippen LogP contribution in [0.25, 0.3) is 0 Å². The van der Waals surface area contributed by atoms with Crippen LogP contribution < -0.4 is 97.0 Å². The van der Waals surface area contributed by atoms with Crippen LogP contribution in [0.15, 0.2) is 35.3 Å². The van der Waals surface area contributed by atoms with Crippen molar-refractivity contribution in [2.24, 2.45) is 34.0 Å². The molecule has 0 bridgehead atoms. The van der Waals surface area contributed by atoms with Crippen LogP contribution in [0.2, 0.25) is 0 Å². The van der Waals surface area contributed by atoms with E-state index in [4.69, 9.17) is 22.3 Å². The summed E-state index contributed by atoms with van der Waals surface area (Å²) in [6.07, 6.45) is -5.24. The summed E-state index contributed by atoms with van der Waals surface area (Å²) in [5.41, 5.74) is 16.9. The second-order valence-corrected chi connectivity index (χ2v) is 26.8. The first-order valence-corrected chi connectivity index (χ1v) is 35.7. The van der Waals surface area contributed by atoms with Crippen molar-refractivity contribution in [3.63, 3.8) is 0 Å². The van der Waals surface area contributed by atoms with E-state index < -0.39 is 282 Å². The summed E-state index contributed by atoms with van der Waals surface area (Å²) < 4.78 is 15.8. The molecule has 0 saturated carbocycles. The molecule has 0 aliphatic carbocycles. The molecule has 28 N–H and O–H groups in total. The second kappa shape index (κ2) is 49.9. The average Bonchev–Trinajstić information content (AvgIpc) is 0.855. The Morgan fingerprint density at radius 2 is 0.830 bits per heavy atom. The standard InChI is InChI=1S/C63H98N19O29P/c1-29(2)19-37(78-52(96)31(5)73-56(100)36(15-17-48(90)91)76-44(85)25-69-42(83)23-68-43(84)24-72-61(105)51(30(3)4)82-53(97)34(64)13-10-18-67-63(65)66)58(102)79-38(20-33-11-8-7-9-12-33)59(103)80-39(21-49(92)93)55(99)71-26-45(86)75-35(14-16-47(88)89)54(98)70-27-46(87)77-41(28-111-112(108,109)110)60(104)81-40(22-50(94)95)57(101)74-32(6)62(106)107/h7-9,11-12,29-32,34-41,51H,10,13-28,64H2,1-6H3,(H,68,84)(H,69,83)(H,70,98)(H,71,99)(H,72,105)(H,73,100)(H,74,101)(H,75,86)(H,76,85)(H,77,87)(H,78,96)(H,79,102)(H,80,103)(H,81,104)(H,82,97)(H,88,89)(H,90,91)(H,92,93)(H,94,95)(H,106,107)(H4,65,66,67)(H2,108,109,110)/t31-,32-,34-,35-,36-,37-,38-,39-,40-,41-,51-/m0/s1. The number of hydrogen-bond acceptors (Lipinski definition) is 24. The molecule has 112 heavy (non-hydrogen) atoms. The zero-order chi connectivity index (χ0) is 85.3. The van der Waals surface area contributed by atoms with Crippen molar-refractivity contribution in [3.05, 3.63) is 35.9 Å². The number of carbonyl (C=O) groups excluding carboxylic acids is 15. The molecule has 0 fully saturated rings. The smallest absolute Gasteiger partial charge is 0.469 e. The zero-order valence-electron chi connectivity index (χ0n) is 61.7. The zero-order valence-corrected chi connectivity index (χ0v) is 62.5. The van der Waals surface area contributed by atoms with Gasteiger partial charge in [-0.15, -0.1) is 0 Å². The highest BCUT2D eigenvalue weighted by Gasteiger charge is 2.36. The fourth-order valence-corrected chi connectivity index (χ4v) is 9.69. The number of hydrogen-bond donors (Lipinski definition) is 25. The normalized spacial score (nSPS) is 13.9.